The van der Waals surface area contributed by atoms with Gasteiger partial charge in [0.25, 0.3) is 5.91 Å². The van der Waals surface area contributed by atoms with E-state index in [1.54, 1.807) is 28.4 Å². The van der Waals surface area contributed by atoms with E-state index in [0.29, 0.717) is 19.4 Å². The molecule has 2 amide bonds. The number of nitrogens with one attached hydrogen (secondary N) is 1. The molecule has 7 nitrogen and oxygen atoms in total. The van der Waals surface area contributed by atoms with E-state index in [4.69, 9.17) is 10.8 Å². The third-order valence-corrected chi connectivity index (χ3v) is 6.14. The number of carboxylic acid groups (broad SMARTS) is 1. The average molecular weight is 520 g/mol. The molecule has 2 atom stereocenters. The predicted octanol–water partition coefficient (Wildman–Crippen LogP) is 4.50. The molecule has 0 fully saturated rings. The highest BCUT2D eigenvalue weighted by atomic mass is 32.1. The summed E-state index contributed by atoms with van der Waals surface area (Å²) in [7, 11) is 0. The van der Waals surface area contributed by atoms with E-state index in [1.807, 2.05) is 56.5 Å². The monoisotopic (exact) mass is 519 g/mol. The van der Waals surface area contributed by atoms with Gasteiger partial charge in [0.1, 0.15) is 0 Å². The summed E-state index contributed by atoms with van der Waals surface area (Å²) in [5.41, 5.74) is 6.10. The number of anilines is 1. The molecular weight excluding hydrogens is 481 g/mol. The molecule has 2 aromatic rings. The minimum Gasteiger partial charge on any atom is -0.479 e. The molecule has 0 radical (unpaired) electrons. The van der Waals surface area contributed by atoms with Crippen molar-refractivity contribution in [2.45, 2.75) is 71.6 Å². The number of thiophene rings is 1. The lowest BCUT2D eigenvalue weighted by atomic mass is 10.1. The number of para-hydroxylation sites is 1. The van der Waals surface area contributed by atoms with Gasteiger partial charge in [-0.2, -0.15) is 0 Å². The van der Waals surface area contributed by atoms with Crippen molar-refractivity contribution in [1.82, 2.24) is 5.32 Å². The molecule has 1 aromatic heterocycles. The number of hydrogen-bond donors (Lipinski definition) is 3. The van der Waals surface area contributed by atoms with E-state index in [0.717, 1.165) is 30.8 Å². The number of alkyl halides is 1. The van der Waals surface area contributed by atoms with Crippen LogP contribution in [0.25, 0.3) is 0 Å². The van der Waals surface area contributed by atoms with Crippen LogP contribution in [-0.4, -0.2) is 47.2 Å². The summed E-state index contributed by atoms with van der Waals surface area (Å²) in [6, 6.07) is 11.1. The SMILES string of the molecule is CC.CC(C)(F)C(=O)O.CC[C@@H](/C=C/C(=O)N1CCc2ccccc21)NC(=O)[C@@H](N)Cc1cccs1. The van der Waals surface area contributed by atoms with Crippen LogP contribution in [0.5, 0.6) is 0 Å². The second kappa shape index (κ2) is 15.2. The third kappa shape index (κ3) is 9.91. The second-order valence-corrected chi connectivity index (χ2v) is 9.45. The van der Waals surface area contributed by atoms with Crippen molar-refractivity contribution in [2.75, 3.05) is 11.4 Å². The van der Waals surface area contributed by atoms with E-state index >= 15 is 0 Å². The van der Waals surface area contributed by atoms with Crippen LogP contribution in [0.3, 0.4) is 0 Å². The first-order chi connectivity index (χ1) is 17.0. The number of rotatable bonds is 8. The van der Waals surface area contributed by atoms with Crippen LogP contribution in [0.15, 0.2) is 53.9 Å². The molecule has 2 heterocycles. The van der Waals surface area contributed by atoms with Crippen molar-refractivity contribution in [3.05, 3.63) is 64.4 Å². The number of carboxylic acids is 1. The van der Waals surface area contributed by atoms with Crippen LogP contribution in [0.1, 0.15) is 51.5 Å². The van der Waals surface area contributed by atoms with E-state index in [9.17, 15) is 18.8 Å². The van der Waals surface area contributed by atoms with Crippen molar-refractivity contribution in [3.63, 3.8) is 0 Å². The largest absolute Gasteiger partial charge is 0.479 e. The molecule has 0 bridgehead atoms. The Morgan fingerprint density at radius 1 is 1.22 bits per heavy atom. The van der Waals surface area contributed by atoms with Gasteiger partial charge in [0.15, 0.2) is 0 Å². The van der Waals surface area contributed by atoms with Gasteiger partial charge in [0.2, 0.25) is 11.6 Å². The Labute approximate surface area is 217 Å². The summed E-state index contributed by atoms with van der Waals surface area (Å²) in [4.78, 5) is 37.4. The summed E-state index contributed by atoms with van der Waals surface area (Å²) in [5, 5.41) is 12.8. The Morgan fingerprint density at radius 3 is 2.42 bits per heavy atom. The fourth-order valence-corrected chi connectivity index (χ4v) is 3.93. The number of carbonyl (C=O) groups excluding carboxylic acids is 2. The van der Waals surface area contributed by atoms with Gasteiger partial charge < -0.3 is 21.1 Å². The second-order valence-electron chi connectivity index (χ2n) is 8.42. The molecule has 0 aliphatic carbocycles. The molecule has 1 aliphatic rings. The standard InChI is InChI=1S/C21H25N3O2S.C4H7FO2.C2H6/c1-2-16(23-21(26)18(22)14-17-7-5-13-27-17)9-10-20(25)24-12-11-15-6-3-4-8-19(15)24;1-4(2,5)3(6)7;1-2/h3-10,13,16,18H,2,11-12,14,22H2,1H3,(H,23,26);1-2H3,(H,6,7);1-2H3/b10-9+;;/t16-,18-;;/m0../s1. The average Bonchev–Trinajstić information content (AvgIpc) is 3.52. The first-order valence-corrected chi connectivity index (χ1v) is 13.0. The molecule has 36 heavy (non-hydrogen) atoms. The number of fused-ring (bicyclic) bond motifs is 1. The van der Waals surface area contributed by atoms with Crippen LogP contribution < -0.4 is 16.0 Å². The summed E-state index contributed by atoms with van der Waals surface area (Å²) in [6.45, 7) is 8.65. The fraction of sp³-hybridized carbons (Fsp3) is 0.444. The van der Waals surface area contributed by atoms with E-state index in [2.05, 4.69) is 11.4 Å². The topological polar surface area (TPSA) is 113 Å². The van der Waals surface area contributed by atoms with Gasteiger partial charge in [-0.1, -0.05) is 51.1 Å². The zero-order valence-corrected chi connectivity index (χ0v) is 22.5. The van der Waals surface area contributed by atoms with Gasteiger partial charge in [0.05, 0.1) is 6.04 Å². The molecule has 0 saturated heterocycles. The van der Waals surface area contributed by atoms with Crippen molar-refractivity contribution in [1.29, 1.82) is 0 Å². The highest BCUT2D eigenvalue weighted by Gasteiger charge is 2.25. The van der Waals surface area contributed by atoms with Crippen LogP contribution in [0.4, 0.5) is 10.1 Å². The predicted molar refractivity (Wildman–Crippen MR) is 144 cm³/mol. The van der Waals surface area contributed by atoms with Crippen LogP contribution in [0.2, 0.25) is 0 Å². The maximum absolute atomic E-state index is 12.6. The number of amides is 2. The first kappa shape index (κ1) is 31.0. The lowest BCUT2D eigenvalue weighted by Crippen LogP contribution is -2.45. The molecule has 1 aliphatic heterocycles. The van der Waals surface area contributed by atoms with Crippen molar-refractivity contribution in [2.24, 2.45) is 5.73 Å². The zero-order valence-electron chi connectivity index (χ0n) is 21.7. The number of carbonyl (C=O) groups is 3. The molecule has 3 rings (SSSR count). The Bertz CT molecular complexity index is 1000. The Balaban J connectivity index is 0.000000623. The van der Waals surface area contributed by atoms with Gasteiger partial charge in [0, 0.05) is 35.6 Å². The van der Waals surface area contributed by atoms with E-state index in [1.165, 1.54) is 5.56 Å². The minimum atomic E-state index is -2.08. The third-order valence-electron chi connectivity index (χ3n) is 5.24. The van der Waals surface area contributed by atoms with E-state index < -0.39 is 17.7 Å². The van der Waals surface area contributed by atoms with Crippen LogP contribution in [-0.2, 0) is 27.2 Å². The number of hydrogen-bond acceptors (Lipinski definition) is 5. The Morgan fingerprint density at radius 2 is 1.86 bits per heavy atom. The Hall–Kier alpha value is -3.04. The number of nitrogens with zero attached hydrogens (tertiary/aromatic N) is 1. The van der Waals surface area contributed by atoms with Crippen molar-refractivity contribution < 1.29 is 23.9 Å². The number of aliphatic carboxylic acids is 1. The highest BCUT2D eigenvalue weighted by Crippen LogP contribution is 2.27. The zero-order chi connectivity index (χ0) is 27.3. The van der Waals surface area contributed by atoms with Gasteiger partial charge >= 0.3 is 5.97 Å². The van der Waals surface area contributed by atoms with E-state index in [-0.39, 0.29) is 17.9 Å². The molecule has 0 saturated carbocycles. The molecule has 0 unspecified atom stereocenters. The molecular formula is C27H38FN3O4S. The lowest BCUT2D eigenvalue weighted by Gasteiger charge is -2.18. The fourth-order valence-electron chi connectivity index (χ4n) is 3.17. The van der Waals surface area contributed by atoms with Gasteiger partial charge in [-0.3, -0.25) is 9.59 Å². The normalized spacial score (nSPS) is 14.0. The number of benzene rings is 1. The molecule has 198 valence electrons. The molecule has 0 spiro atoms. The van der Waals surface area contributed by atoms with Crippen LogP contribution in [0, 0.1) is 0 Å². The van der Waals surface area contributed by atoms with Gasteiger partial charge in [-0.05, 0) is 49.8 Å². The number of nitrogens with two attached hydrogens (primary N) is 1. The molecule has 4 N–H and O–H groups in total. The molecule has 9 heteroatoms. The Kier molecular flexibility index (Phi) is 13.0. The quantitative estimate of drug-likeness (QED) is 0.445. The smallest absolute Gasteiger partial charge is 0.340 e. The summed E-state index contributed by atoms with van der Waals surface area (Å²) in [5.74, 6) is -1.68. The maximum atomic E-state index is 12.6. The molecule has 1 aromatic carbocycles. The van der Waals surface area contributed by atoms with Crippen molar-refractivity contribution in [3.8, 4) is 0 Å². The first-order valence-electron chi connectivity index (χ1n) is 12.1. The highest BCUT2D eigenvalue weighted by molar-refractivity contribution is 7.09. The number of halogens is 1. The van der Waals surface area contributed by atoms with Crippen molar-refractivity contribution >= 4 is 34.8 Å². The van der Waals surface area contributed by atoms with Crippen LogP contribution >= 0.6 is 11.3 Å². The van der Waals surface area contributed by atoms with Gasteiger partial charge in [-0.15, -0.1) is 11.3 Å². The summed E-state index contributed by atoms with van der Waals surface area (Å²) < 4.78 is 11.9. The lowest BCUT2D eigenvalue weighted by molar-refractivity contribution is -0.148. The maximum Gasteiger partial charge on any atom is 0.340 e. The summed E-state index contributed by atoms with van der Waals surface area (Å²) in [6.07, 6.45) is 5.41. The summed E-state index contributed by atoms with van der Waals surface area (Å²) >= 11 is 1.59. The van der Waals surface area contributed by atoms with Gasteiger partial charge in [-0.25, -0.2) is 9.18 Å². The minimum absolute atomic E-state index is 0.0597.